The lowest BCUT2D eigenvalue weighted by Gasteiger charge is -2.22. The summed E-state index contributed by atoms with van der Waals surface area (Å²) in [6.07, 6.45) is 5.66. The van der Waals surface area contributed by atoms with E-state index >= 15 is 0 Å². The van der Waals surface area contributed by atoms with Gasteiger partial charge >= 0.3 is 0 Å². The molecule has 2 heterocycles. The van der Waals surface area contributed by atoms with Crippen LogP contribution >= 0.6 is 12.4 Å². The Morgan fingerprint density at radius 1 is 1.28 bits per heavy atom. The molecule has 3 rings (SSSR count). The zero-order valence-electron chi connectivity index (χ0n) is 14.5. The van der Waals surface area contributed by atoms with Crippen LogP contribution in [0.15, 0.2) is 36.5 Å². The zero-order valence-corrected chi connectivity index (χ0v) is 15.3. The van der Waals surface area contributed by atoms with Crippen molar-refractivity contribution in [2.75, 3.05) is 18.4 Å². The van der Waals surface area contributed by atoms with Gasteiger partial charge in [0, 0.05) is 23.9 Å². The first kappa shape index (κ1) is 19.3. The number of nitrogens with one attached hydrogen (secondary N) is 2. The first-order valence-electron chi connectivity index (χ1n) is 8.61. The zero-order chi connectivity index (χ0) is 16.8. The molecular formula is C19H25ClN4O. The number of aromatic nitrogens is 2. The molecule has 1 aromatic heterocycles. The fourth-order valence-corrected chi connectivity index (χ4v) is 3.10. The van der Waals surface area contributed by atoms with Gasteiger partial charge in [-0.1, -0.05) is 12.1 Å². The minimum absolute atomic E-state index is 0. The predicted octanol–water partition coefficient (Wildman–Crippen LogP) is 3.59. The number of carbonyl (C=O) groups is 1. The molecule has 0 bridgehead atoms. The molecule has 0 aliphatic carbocycles. The Kier molecular flexibility index (Phi) is 7.34. The van der Waals surface area contributed by atoms with Gasteiger partial charge < -0.3 is 10.6 Å². The Balaban J connectivity index is 0.00000225. The summed E-state index contributed by atoms with van der Waals surface area (Å²) >= 11 is 0. The summed E-state index contributed by atoms with van der Waals surface area (Å²) in [6.45, 7) is 4.02. The number of piperidine rings is 1. The van der Waals surface area contributed by atoms with Crippen LogP contribution in [0, 0.1) is 12.8 Å². The topological polar surface area (TPSA) is 66.9 Å². The van der Waals surface area contributed by atoms with Gasteiger partial charge in [0.1, 0.15) is 5.82 Å². The van der Waals surface area contributed by atoms with Crippen molar-refractivity contribution in [3.8, 4) is 11.3 Å². The molecule has 25 heavy (non-hydrogen) atoms. The highest BCUT2D eigenvalue weighted by Crippen LogP contribution is 2.22. The van der Waals surface area contributed by atoms with E-state index in [9.17, 15) is 4.79 Å². The Morgan fingerprint density at radius 2 is 2.08 bits per heavy atom. The Morgan fingerprint density at radius 3 is 2.84 bits per heavy atom. The number of aryl methyl sites for hydroxylation is 1. The summed E-state index contributed by atoms with van der Waals surface area (Å²) in [5.41, 5.74) is 2.67. The van der Waals surface area contributed by atoms with Crippen molar-refractivity contribution in [2.45, 2.75) is 32.6 Å². The second-order valence-electron chi connectivity index (χ2n) is 6.35. The van der Waals surface area contributed by atoms with Gasteiger partial charge in [-0.25, -0.2) is 9.97 Å². The maximum Gasteiger partial charge on any atom is 0.224 e. The molecule has 0 spiro atoms. The molecule has 2 aromatic rings. The van der Waals surface area contributed by atoms with Crippen molar-refractivity contribution in [3.63, 3.8) is 0 Å². The molecule has 1 aromatic carbocycles. The number of rotatable bonds is 5. The van der Waals surface area contributed by atoms with Gasteiger partial charge in [0.2, 0.25) is 5.91 Å². The van der Waals surface area contributed by atoms with E-state index in [0.717, 1.165) is 42.3 Å². The van der Waals surface area contributed by atoms with E-state index in [1.807, 2.05) is 37.3 Å². The summed E-state index contributed by atoms with van der Waals surface area (Å²) < 4.78 is 0. The van der Waals surface area contributed by atoms with Gasteiger partial charge in [0.05, 0.1) is 5.69 Å². The molecule has 6 heteroatoms. The number of anilines is 1. The Hall–Kier alpha value is -1.98. The highest BCUT2D eigenvalue weighted by Gasteiger charge is 2.14. The van der Waals surface area contributed by atoms with Crippen LogP contribution in [0.5, 0.6) is 0 Å². The molecular weight excluding hydrogens is 336 g/mol. The smallest absolute Gasteiger partial charge is 0.224 e. The fraction of sp³-hybridized carbons (Fsp3) is 0.421. The molecule has 0 unspecified atom stereocenters. The van der Waals surface area contributed by atoms with Gasteiger partial charge in [-0.05, 0) is 63.4 Å². The lowest BCUT2D eigenvalue weighted by atomic mass is 9.93. The highest BCUT2D eigenvalue weighted by molar-refractivity contribution is 5.91. The summed E-state index contributed by atoms with van der Waals surface area (Å²) in [6, 6.07) is 9.69. The van der Waals surface area contributed by atoms with E-state index in [1.54, 1.807) is 6.20 Å². The molecule has 1 aliphatic rings. The van der Waals surface area contributed by atoms with Crippen LogP contribution in [0.3, 0.4) is 0 Å². The van der Waals surface area contributed by atoms with Gasteiger partial charge in [-0.15, -0.1) is 12.4 Å². The van der Waals surface area contributed by atoms with Crippen molar-refractivity contribution < 1.29 is 4.79 Å². The number of hydrogen-bond acceptors (Lipinski definition) is 4. The average molecular weight is 361 g/mol. The van der Waals surface area contributed by atoms with E-state index < -0.39 is 0 Å². The largest absolute Gasteiger partial charge is 0.326 e. The molecule has 1 fully saturated rings. The number of halogens is 1. The summed E-state index contributed by atoms with van der Waals surface area (Å²) in [5.74, 6) is 1.50. The second kappa shape index (κ2) is 9.49. The van der Waals surface area contributed by atoms with Crippen LogP contribution in [0.2, 0.25) is 0 Å². The van der Waals surface area contributed by atoms with Crippen molar-refractivity contribution in [1.29, 1.82) is 0 Å². The number of amides is 1. The molecule has 1 saturated heterocycles. The first-order chi connectivity index (χ1) is 11.7. The van der Waals surface area contributed by atoms with Crippen molar-refractivity contribution in [2.24, 2.45) is 5.92 Å². The van der Waals surface area contributed by atoms with Gasteiger partial charge in [-0.3, -0.25) is 4.79 Å². The quantitative estimate of drug-likeness (QED) is 0.855. The molecule has 2 N–H and O–H groups in total. The number of carbonyl (C=O) groups excluding carboxylic acids is 1. The Labute approximate surface area is 155 Å². The Bertz CT molecular complexity index is 701. The molecule has 0 saturated carbocycles. The third-order valence-electron chi connectivity index (χ3n) is 4.46. The third-order valence-corrected chi connectivity index (χ3v) is 4.46. The van der Waals surface area contributed by atoms with Crippen LogP contribution in [-0.4, -0.2) is 29.0 Å². The molecule has 1 aliphatic heterocycles. The van der Waals surface area contributed by atoms with Crippen LogP contribution in [0.25, 0.3) is 11.3 Å². The minimum Gasteiger partial charge on any atom is -0.326 e. The standard InChI is InChI=1S/C19H24N4O.ClH/c1-14-21-12-9-18(22-14)16-3-2-4-17(13-16)23-19(24)6-5-15-7-10-20-11-8-15;/h2-4,9,12-13,15,20H,5-8,10-11H2,1H3,(H,23,24);1H. The highest BCUT2D eigenvalue weighted by atomic mass is 35.5. The maximum absolute atomic E-state index is 12.2. The van der Waals surface area contributed by atoms with Crippen LogP contribution in [-0.2, 0) is 4.79 Å². The SMILES string of the molecule is Cc1nccc(-c2cccc(NC(=O)CCC3CCNCC3)c2)n1.Cl. The van der Waals surface area contributed by atoms with Gasteiger partial charge in [-0.2, -0.15) is 0 Å². The van der Waals surface area contributed by atoms with Crippen molar-refractivity contribution in [3.05, 3.63) is 42.4 Å². The van der Waals surface area contributed by atoms with Gasteiger partial charge in [0.25, 0.3) is 0 Å². The predicted molar refractivity (Wildman–Crippen MR) is 103 cm³/mol. The van der Waals surface area contributed by atoms with E-state index in [4.69, 9.17) is 0 Å². The summed E-state index contributed by atoms with van der Waals surface area (Å²) in [5, 5.41) is 6.37. The van der Waals surface area contributed by atoms with Gasteiger partial charge in [0.15, 0.2) is 0 Å². The van der Waals surface area contributed by atoms with Crippen LogP contribution < -0.4 is 10.6 Å². The third kappa shape index (κ3) is 5.80. The molecule has 1 amide bonds. The molecule has 5 nitrogen and oxygen atoms in total. The first-order valence-corrected chi connectivity index (χ1v) is 8.61. The monoisotopic (exact) mass is 360 g/mol. The lowest BCUT2D eigenvalue weighted by Crippen LogP contribution is -2.28. The summed E-state index contributed by atoms with van der Waals surface area (Å²) in [4.78, 5) is 20.8. The molecule has 134 valence electrons. The van der Waals surface area contributed by atoms with Crippen LogP contribution in [0.4, 0.5) is 5.69 Å². The minimum atomic E-state index is 0. The fourth-order valence-electron chi connectivity index (χ4n) is 3.10. The maximum atomic E-state index is 12.2. The van der Waals surface area contributed by atoms with Crippen molar-refractivity contribution >= 4 is 24.0 Å². The number of benzene rings is 1. The number of hydrogen-bond donors (Lipinski definition) is 2. The van der Waals surface area contributed by atoms with E-state index in [-0.39, 0.29) is 18.3 Å². The second-order valence-corrected chi connectivity index (χ2v) is 6.35. The lowest BCUT2D eigenvalue weighted by molar-refractivity contribution is -0.116. The summed E-state index contributed by atoms with van der Waals surface area (Å²) in [7, 11) is 0. The van der Waals surface area contributed by atoms with E-state index in [0.29, 0.717) is 12.3 Å². The van der Waals surface area contributed by atoms with E-state index in [1.165, 1.54) is 12.8 Å². The van der Waals surface area contributed by atoms with E-state index in [2.05, 4.69) is 20.6 Å². The van der Waals surface area contributed by atoms with Crippen molar-refractivity contribution in [1.82, 2.24) is 15.3 Å². The normalized spacial score (nSPS) is 14.6. The molecule has 0 radical (unpaired) electrons. The number of nitrogens with zero attached hydrogens (tertiary/aromatic N) is 2. The molecule has 0 atom stereocenters. The van der Waals surface area contributed by atoms with Crippen LogP contribution in [0.1, 0.15) is 31.5 Å². The average Bonchev–Trinajstić information content (AvgIpc) is 2.61.